The fourth-order valence-electron chi connectivity index (χ4n) is 3.53. The molecule has 1 aromatic heterocycles. The first kappa shape index (κ1) is 15.7. The molecule has 1 aromatic carbocycles. The Morgan fingerprint density at radius 2 is 2.04 bits per heavy atom. The first-order valence-corrected chi connectivity index (χ1v) is 8.70. The molecule has 1 atom stereocenters. The van der Waals surface area contributed by atoms with Crippen molar-refractivity contribution >= 4 is 50.9 Å². The predicted molar refractivity (Wildman–Crippen MR) is 94.4 cm³/mol. The number of aromatic nitrogens is 2. The second-order valence-electron chi connectivity index (χ2n) is 6.34. The molecule has 0 aliphatic carbocycles. The average molecular weight is 410 g/mol. The standard InChI is InChI=1S/C16H14BrClN4O2/c1-7(2)22-14-10(6-19-22)16(5-12(23)20-14)9-3-8(18)4-11(17)13(9)21-15(16)24/h3-4,6-7H,5H2,1-2H3,(H,20,23)(H,21,24)/t16-/m0/s1. The molecule has 8 heteroatoms. The van der Waals surface area contributed by atoms with Gasteiger partial charge in [0.15, 0.2) is 0 Å². The number of fused-ring (bicyclic) bond motifs is 4. The van der Waals surface area contributed by atoms with Crippen molar-refractivity contribution in [3.63, 3.8) is 0 Å². The van der Waals surface area contributed by atoms with Gasteiger partial charge in [-0.25, -0.2) is 4.68 Å². The molecule has 4 rings (SSSR count). The van der Waals surface area contributed by atoms with E-state index in [1.165, 1.54) is 0 Å². The van der Waals surface area contributed by atoms with E-state index in [0.717, 1.165) is 0 Å². The maximum atomic E-state index is 13.0. The van der Waals surface area contributed by atoms with Gasteiger partial charge in [-0.05, 0) is 47.5 Å². The number of carbonyl (C=O) groups is 2. The van der Waals surface area contributed by atoms with E-state index in [9.17, 15) is 9.59 Å². The Bertz CT molecular complexity index is 908. The lowest BCUT2D eigenvalue weighted by Crippen LogP contribution is -2.43. The zero-order valence-corrected chi connectivity index (χ0v) is 15.3. The molecule has 24 heavy (non-hydrogen) atoms. The molecule has 2 amide bonds. The highest BCUT2D eigenvalue weighted by Crippen LogP contribution is 2.52. The molecule has 2 aliphatic rings. The van der Waals surface area contributed by atoms with E-state index in [1.807, 2.05) is 13.8 Å². The third kappa shape index (κ3) is 1.91. The average Bonchev–Trinajstić information content (AvgIpc) is 3.02. The van der Waals surface area contributed by atoms with Gasteiger partial charge in [-0.3, -0.25) is 9.59 Å². The van der Waals surface area contributed by atoms with Crippen molar-refractivity contribution in [1.29, 1.82) is 0 Å². The summed E-state index contributed by atoms with van der Waals surface area (Å²) in [5.74, 6) is 0.115. The van der Waals surface area contributed by atoms with Gasteiger partial charge in [0.2, 0.25) is 11.8 Å². The number of amides is 2. The molecule has 1 spiro atoms. The van der Waals surface area contributed by atoms with Crippen LogP contribution in [0, 0.1) is 0 Å². The van der Waals surface area contributed by atoms with Crippen molar-refractivity contribution < 1.29 is 9.59 Å². The molecule has 2 N–H and O–H groups in total. The van der Waals surface area contributed by atoms with Crippen LogP contribution in [0.15, 0.2) is 22.8 Å². The van der Waals surface area contributed by atoms with Gasteiger partial charge in [0, 0.05) is 27.5 Å². The van der Waals surface area contributed by atoms with Gasteiger partial charge in [0.1, 0.15) is 11.2 Å². The molecule has 0 radical (unpaired) electrons. The maximum Gasteiger partial charge on any atom is 0.240 e. The fourth-order valence-corrected chi connectivity index (χ4v) is 4.44. The summed E-state index contributed by atoms with van der Waals surface area (Å²) in [5, 5.41) is 10.6. The first-order valence-electron chi connectivity index (χ1n) is 7.53. The molecular weight excluding hydrogens is 396 g/mol. The number of anilines is 2. The highest BCUT2D eigenvalue weighted by Gasteiger charge is 2.54. The lowest BCUT2D eigenvalue weighted by Gasteiger charge is -2.32. The van der Waals surface area contributed by atoms with Crippen LogP contribution in [0.3, 0.4) is 0 Å². The van der Waals surface area contributed by atoms with Crippen LogP contribution in [0.5, 0.6) is 0 Å². The topological polar surface area (TPSA) is 76.0 Å². The van der Waals surface area contributed by atoms with E-state index >= 15 is 0 Å². The van der Waals surface area contributed by atoms with Gasteiger partial charge < -0.3 is 10.6 Å². The van der Waals surface area contributed by atoms with E-state index in [1.54, 1.807) is 23.0 Å². The van der Waals surface area contributed by atoms with Gasteiger partial charge in [-0.1, -0.05) is 11.6 Å². The summed E-state index contributed by atoms with van der Waals surface area (Å²) in [6.45, 7) is 3.94. The number of hydrogen-bond acceptors (Lipinski definition) is 3. The van der Waals surface area contributed by atoms with Crippen molar-refractivity contribution in [2.75, 3.05) is 10.6 Å². The van der Waals surface area contributed by atoms with Crippen LogP contribution in [0.1, 0.15) is 37.4 Å². The molecule has 2 aromatic rings. The van der Waals surface area contributed by atoms with E-state index in [2.05, 4.69) is 31.7 Å². The molecule has 124 valence electrons. The Balaban J connectivity index is 2.04. The second kappa shape index (κ2) is 5.07. The van der Waals surface area contributed by atoms with Crippen LogP contribution >= 0.6 is 27.5 Å². The lowest BCUT2D eigenvalue weighted by molar-refractivity contribution is -0.125. The quantitative estimate of drug-likeness (QED) is 0.757. The molecule has 0 saturated carbocycles. The minimum Gasteiger partial charge on any atom is -0.324 e. The third-order valence-electron chi connectivity index (χ3n) is 4.57. The number of rotatable bonds is 1. The molecule has 2 aliphatic heterocycles. The van der Waals surface area contributed by atoms with Gasteiger partial charge in [0.05, 0.1) is 11.9 Å². The van der Waals surface area contributed by atoms with Crippen molar-refractivity contribution in [2.24, 2.45) is 0 Å². The molecule has 3 heterocycles. The van der Waals surface area contributed by atoms with Crippen LogP contribution in [0.25, 0.3) is 0 Å². The summed E-state index contributed by atoms with van der Waals surface area (Å²) in [5.41, 5.74) is 0.947. The van der Waals surface area contributed by atoms with E-state index in [4.69, 9.17) is 11.6 Å². The number of nitrogens with one attached hydrogen (secondary N) is 2. The molecule has 0 fully saturated rings. The van der Waals surface area contributed by atoms with Crippen molar-refractivity contribution in [2.45, 2.75) is 31.7 Å². The van der Waals surface area contributed by atoms with Crippen molar-refractivity contribution in [3.8, 4) is 0 Å². The van der Waals surface area contributed by atoms with Crippen molar-refractivity contribution in [1.82, 2.24) is 9.78 Å². The van der Waals surface area contributed by atoms with Gasteiger partial charge >= 0.3 is 0 Å². The molecule has 0 bridgehead atoms. The monoisotopic (exact) mass is 408 g/mol. The van der Waals surface area contributed by atoms with Crippen LogP contribution in [-0.2, 0) is 15.0 Å². The summed E-state index contributed by atoms with van der Waals surface area (Å²) in [6, 6.07) is 3.52. The Labute approximate surface area is 151 Å². The Morgan fingerprint density at radius 3 is 2.75 bits per heavy atom. The minimum absolute atomic E-state index is 0.0232. The molecule has 6 nitrogen and oxygen atoms in total. The first-order chi connectivity index (χ1) is 11.3. The zero-order chi connectivity index (χ0) is 17.2. The number of benzene rings is 1. The van der Waals surface area contributed by atoms with Crippen LogP contribution in [-0.4, -0.2) is 21.6 Å². The third-order valence-corrected chi connectivity index (χ3v) is 5.41. The van der Waals surface area contributed by atoms with Gasteiger partial charge in [-0.15, -0.1) is 0 Å². The van der Waals surface area contributed by atoms with Gasteiger partial charge in [0.25, 0.3) is 0 Å². The van der Waals surface area contributed by atoms with E-state index in [-0.39, 0.29) is 24.3 Å². The summed E-state index contributed by atoms with van der Waals surface area (Å²) < 4.78 is 2.41. The number of halogens is 2. The highest BCUT2D eigenvalue weighted by atomic mass is 79.9. The molecule has 0 saturated heterocycles. The fraction of sp³-hybridized carbons (Fsp3) is 0.312. The minimum atomic E-state index is -1.10. The highest BCUT2D eigenvalue weighted by molar-refractivity contribution is 9.10. The van der Waals surface area contributed by atoms with Crippen LogP contribution in [0.2, 0.25) is 5.02 Å². The van der Waals surface area contributed by atoms with Crippen LogP contribution in [0.4, 0.5) is 11.5 Å². The van der Waals surface area contributed by atoms with Crippen LogP contribution < -0.4 is 10.6 Å². The van der Waals surface area contributed by atoms with Crippen molar-refractivity contribution in [3.05, 3.63) is 39.0 Å². The summed E-state index contributed by atoms with van der Waals surface area (Å²) >= 11 is 9.65. The summed E-state index contributed by atoms with van der Waals surface area (Å²) in [7, 11) is 0. The predicted octanol–water partition coefficient (Wildman–Crippen LogP) is 3.46. The largest absolute Gasteiger partial charge is 0.324 e. The lowest BCUT2D eigenvalue weighted by atomic mass is 9.72. The normalized spacial score (nSPS) is 21.7. The Kier molecular flexibility index (Phi) is 3.30. The molecule has 0 unspecified atom stereocenters. The number of carbonyl (C=O) groups excluding carboxylic acids is 2. The van der Waals surface area contributed by atoms with E-state index < -0.39 is 5.41 Å². The molecular formula is C16H14BrClN4O2. The second-order valence-corrected chi connectivity index (χ2v) is 7.63. The maximum absolute atomic E-state index is 13.0. The Morgan fingerprint density at radius 1 is 1.29 bits per heavy atom. The zero-order valence-electron chi connectivity index (χ0n) is 13.0. The summed E-state index contributed by atoms with van der Waals surface area (Å²) in [6.07, 6.45) is 1.69. The number of nitrogens with zero attached hydrogens (tertiary/aromatic N) is 2. The Hall–Kier alpha value is -1.86. The van der Waals surface area contributed by atoms with E-state index in [0.29, 0.717) is 32.1 Å². The SMILES string of the molecule is CC(C)n1ncc2c1NC(=O)C[C@@]21C(=O)Nc2c(Br)cc(Cl)cc21. The van der Waals surface area contributed by atoms with Gasteiger partial charge in [-0.2, -0.15) is 5.10 Å². The number of hydrogen-bond donors (Lipinski definition) is 2. The smallest absolute Gasteiger partial charge is 0.240 e. The summed E-state index contributed by atoms with van der Waals surface area (Å²) in [4.78, 5) is 25.4.